The standard InChI is InChI=1S/C15H17NO2/c1-15(2)12(13(15)14(17)18)10-4-5-11-9(8-10)6-7-16(11)3/h4-8,12-13H,1-3H3,(H,17,18). The molecule has 1 heterocycles. The van der Waals surface area contributed by atoms with Crippen molar-refractivity contribution in [2.75, 3.05) is 0 Å². The predicted molar refractivity (Wildman–Crippen MR) is 70.6 cm³/mol. The van der Waals surface area contributed by atoms with Crippen LogP contribution in [0.3, 0.4) is 0 Å². The fraction of sp³-hybridized carbons (Fsp3) is 0.400. The molecule has 1 aliphatic rings. The second-order valence-corrected chi connectivity index (χ2v) is 5.86. The summed E-state index contributed by atoms with van der Waals surface area (Å²) in [5.41, 5.74) is 2.20. The summed E-state index contributed by atoms with van der Waals surface area (Å²) in [6.07, 6.45) is 2.03. The maximum atomic E-state index is 11.2. The molecule has 1 saturated carbocycles. The summed E-state index contributed by atoms with van der Waals surface area (Å²) >= 11 is 0. The minimum absolute atomic E-state index is 0.131. The number of rotatable bonds is 2. The summed E-state index contributed by atoms with van der Waals surface area (Å²) in [5.74, 6) is -0.795. The fourth-order valence-electron chi connectivity index (χ4n) is 3.21. The zero-order valence-electron chi connectivity index (χ0n) is 10.8. The molecule has 1 aliphatic carbocycles. The van der Waals surface area contributed by atoms with Crippen molar-refractivity contribution in [3.05, 3.63) is 36.0 Å². The number of nitrogens with zero attached hydrogens (tertiary/aromatic N) is 1. The number of hydrogen-bond acceptors (Lipinski definition) is 1. The van der Waals surface area contributed by atoms with E-state index < -0.39 is 5.97 Å². The van der Waals surface area contributed by atoms with Crippen molar-refractivity contribution in [3.63, 3.8) is 0 Å². The molecule has 1 aromatic carbocycles. The summed E-state index contributed by atoms with van der Waals surface area (Å²) in [6, 6.07) is 8.35. The molecule has 94 valence electrons. The van der Waals surface area contributed by atoms with Gasteiger partial charge in [0.1, 0.15) is 0 Å². The molecule has 1 aromatic heterocycles. The lowest BCUT2D eigenvalue weighted by molar-refractivity contribution is -0.139. The smallest absolute Gasteiger partial charge is 0.307 e. The van der Waals surface area contributed by atoms with Gasteiger partial charge in [0.2, 0.25) is 0 Å². The number of carboxylic acid groups (broad SMARTS) is 1. The lowest BCUT2D eigenvalue weighted by atomic mass is 10.0. The molecule has 3 heteroatoms. The minimum Gasteiger partial charge on any atom is -0.481 e. The van der Waals surface area contributed by atoms with Gasteiger partial charge in [-0.15, -0.1) is 0 Å². The molecule has 3 rings (SSSR count). The second-order valence-electron chi connectivity index (χ2n) is 5.86. The molecule has 0 radical (unpaired) electrons. The molecular weight excluding hydrogens is 226 g/mol. The van der Waals surface area contributed by atoms with E-state index in [-0.39, 0.29) is 17.3 Å². The van der Waals surface area contributed by atoms with Gasteiger partial charge in [-0.25, -0.2) is 0 Å². The Bertz CT molecular complexity index is 639. The Kier molecular flexibility index (Phi) is 2.12. The molecule has 1 N–H and O–H groups in total. The van der Waals surface area contributed by atoms with E-state index in [9.17, 15) is 9.90 Å². The molecular formula is C15H17NO2. The fourth-order valence-corrected chi connectivity index (χ4v) is 3.21. The molecule has 2 atom stereocenters. The highest BCUT2D eigenvalue weighted by Gasteiger charge is 2.62. The van der Waals surface area contributed by atoms with Gasteiger partial charge in [-0.2, -0.15) is 0 Å². The van der Waals surface area contributed by atoms with Gasteiger partial charge in [0.25, 0.3) is 0 Å². The highest BCUT2D eigenvalue weighted by atomic mass is 16.4. The van der Waals surface area contributed by atoms with Gasteiger partial charge in [0, 0.05) is 24.7 Å². The van der Waals surface area contributed by atoms with Crippen molar-refractivity contribution < 1.29 is 9.90 Å². The van der Waals surface area contributed by atoms with E-state index in [1.807, 2.05) is 27.1 Å². The Hall–Kier alpha value is -1.77. The number of carboxylic acids is 1. The van der Waals surface area contributed by atoms with Crippen LogP contribution >= 0.6 is 0 Å². The maximum Gasteiger partial charge on any atom is 0.307 e. The number of aryl methyl sites for hydroxylation is 1. The highest BCUT2D eigenvalue weighted by molar-refractivity contribution is 5.83. The average Bonchev–Trinajstić information content (AvgIpc) is 2.70. The maximum absolute atomic E-state index is 11.2. The zero-order valence-corrected chi connectivity index (χ0v) is 10.8. The quantitative estimate of drug-likeness (QED) is 0.881. The number of aromatic nitrogens is 1. The topological polar surface area (TPSA) is 42.2 Å². The van der Waals surface area contributed by atoms with Crippen molar-refractivity contribution in [2.45, 2.75) is 19.8 Å². The van der Waals surface area contributed by atoms with Crippen LogP contribution in [0.1, 0.15) is 25.3 Å². The van der Waals surface area contributed by atoms with Gasteiger partial charge in [-0.05, 0) is 34.6 Å². The van der Waals surface area contributed by atoms with Crippen LogP contribution in [0, 0.1) is 11.3 Å². The first-order valence-corrected chi connectivity index (χ1v) is 6.20. The van der Waals surface area contributed by atoms with Crippen molar-refractivity contribution in [1.29, 1.82) is 0 Å². The molecule has 3 nitrogen and oxygen atoms in total. The van der Waals surface area contributed by atoms with Crippen molar-refractivity contribution >= 4 is 16.9 Å². The molecule has 1 fully saturated rings. The first-order valence-electron chi connectivity index (χ1n) is 6.20. The number of benzene rings is 1. The molecule has 0 aliphatic heterocycles. The monoisotopic (exact) mass is 243 g/mol. The van der Waals surface area contributed by atoms with Crippen molar-refractivity contribution in [2.24, 2.45) is 18.4 Å². The van der Waals surface area contributed by atoms with Crippen LogP contribution in [0.15, 0.2) is 30.5 Å². The molecule has 0 bridgehead atoms. The Morgan fingerprint density at radius 3 is 2.67 bits per heavy atom. The van der Waals surface area contributed by atoms with Crippen LogP contribution in [0.25, 0.3) is 10.9 Å². The van der Waals surface area contributed by atoms with Crippen LogP contribution in [-0.4, -0.2) is 15.6 Å². The van der Waals surface area contributed by atoms with Gasteiger partial charge in [0.05, 0.1) is 5.92 Å². The summed E-state index contributed by atoms with van der Waals surface area (Å²) in [5, 5.41) is 10.4. The zero-order chi connectivity index (χ0) is 13.1. The third-order valence-corrected chi connectivity index (χ3v) is 4.36. The van der Waals surface area contributed by atoms with E-state index in [4.69, 9.17) is 0 Å². The van der Waals surface area contributed by atoms with E-state index in [1.54, 1.807) is 0 Å². The van der Waals surface area contributed by atoms with Gasteiger partial charge < -0.3 is 9.67 Å². The van der Waals surface area contributed by atoms with Crippen molar-refractivity contribution in [3.8, 4) is 0 Å². The van der Waals surface area contributed by atoms with E-state index in [0.29, 0.717) is 0 Å². The summed E-state index contributed by atoms with van der Waals surface area (Å²) < 4.78 is 2.08. The van der Waals surface area contributed by atoms with E-state index in [1.165, 1.54) is 10.9 Å². The van der Waals surface area contributed by atoms with Gasteiger partial charge in [-0.1, -0.05) is 19.9 Å². The van der Waals surface area contributed by atoms with E-state index >= 15 is 0 Å². The molecule has 0 saturated heterocycles. The van der Waals surface area contributed by atoms with Crippen LogP contribution in [0.2, 0.25) is 0 Å². The summed E-state index contributed by atoms with van der Waals surface area (Å²) in [7, 11) is 2.02. The van der Waals surface area contributed by atoms with E-state index in [2.05, 4.69) is 28.8 Å². The lowest BCUT2D eigenvalue weighted by Crippen LogP contribution is -2.03. The van der Waals surface area contributed by atoms with Crippen LogP contribution in [0.4, 0.5) is 0 Å². The number of fused-ring (bicyclic) bond motifs is 1. The van der Waals surface area contributed by atoms with E-state index in [0.717, 1.165) is 5.56 Å². The average molecular weight is 243 g/mol. The number of hydrogen-bond donors (Lipinski definition) is 1. The van der Waals surface area contributed by atoms with Crippen LogP contribution in [0.5, 0.6) is 0 Å². The largest absolute Gasteiger partial charge is 0.481 e. The molecule has 0 spiro atoms. The first kappa shape index (κ1) is 11.3. The van der Waals surface area contributed by atoms with Gasteiger partial charge in [0.15, 0.2) is 0 Å². The first-order chi connectivity index (χ1) is 8.43. The highest BCUT2D eigenvalue weighted by Crippen LogP contribution is 2.64. The molecule has 2 unspecified atom stereocenters. The Balaban J connectivity index is 2.04. The van der Waals surface area contributed by atoms with Crippen molar-refractivity contribution in [1.82, 2.24) is 4.57 Å². The summed E-state index contributed by atoms with van der Waals surface area (Å²) in [6.45, 7) is 4.07. The third-order valence-electron chi connectivity index (χ3n) is 4.36. The SMILES string of the molecule is Cn1ccc2cc(C3C(C(=O)O)C3(C)C)ccc21. The third kappa shape index (κ3) is 1.40. The normalized spacial score (nSPS) is 25.3. The van der Waals surface area contributed by atoms with Crippen LogP contribution < -0.4 is 0 Å². The summed E-state index contributed by atoms with van der Waals surface area (Å²) in [4.78, 5) is 11.2. The lowest BCUT2D eigenvalue weighted by Gasteiger charge is -2.04. The number of carbonyl (C=O) groups is 1. The number of aliphatic carboxylic acids is 1. The Morgan fingerprint density at radius 2 is 2.06 bits per heavy atom. The molecule has 2 aromatic rings. The predicted octanol–water partition coefficient (Wildman–Crippen LogP) is 3.00. The second kappa shape index (κ2) is 3.37. The minimum atomic E-state index is -0.682. The Labute approximate surface area is 106 Å². The Morgan fingerprint density at radius 1 is 1.33 bits per heavy atom. The van der Waals surface area contributed by atoms with Crippen LogP contribution in [-0.2, 0) is 11.8 Å². The molecule has 18 heavy (non-hydrogen) atoms. The van der Waals surface area contributed by atoms with Gasteiger partial charge in [-0.3, -0.25) is 4.79 Å². The molecule has 0 amide bonds. The van der Waals surface area contributed by atoms with Gasteiger partial charge >= 0.3 is 5.97 Å².